The summed E-state index contributed by atoms with van der Waals surface area (Å²) >= 11 is 6.04. The number of hydrazone groups is 1. The van der Waals surface area contributed by atoms with Crippen molar-refractivity contribution in [2.75, 3.05) is 27.3 Å². The maximum Gasteiger partial charge on any atom is 0.270 e. The number of carbonyl (C=O) groups is 1. The van der Waals surface area contributed by atoms with Crippen LogP contribution in [0.4, 0.5) is 5.69 Å². The third kappa shape index (κ3) is 7.28. The first kappa shape index (κ1) is 28.6. The number of methoxy groups -OCH3 is 2. The van der Waals surface area contributed by atoms with Gasteiger partial charge in [-0.15, -0.1) is 0 Å². The number of hydrogen-bond donors (Lipinski definition) is 1. The van der Waals surface area contributed by atoms with Gasteiger partial charge in [-0.25, -0.2) is 13.8 Å². The monoisotopic (exact) mass is 560 g/mol. The number of halogens is 1. The highest BCUT2D eigenvalue weighted by Gasteiger charge is 2.27. The van der Waals surface area contributed by atoms with E-state index in [-0.39, 0.29) is 33.5 Å². The Morgan fingerprint density at radius 3 is 2.45 bits per heavy atom. The van der Waals surface area contributed by atoms with Crippen LogP contribution in [0.2, 0.25) is 5.02 Å². The number of nitro groups is 1. The highest BCUT2D eigenvalue weighted by molar-refractivity contribution is 7.89. The molecule has 38 heavy (non-hydrogen) atoms. The van der Waals surface area contributed by atoms with Crippen molar-refractivity contribution >= 4 is 39.4 Å². The standard InChI is InChI=1S/C25H25ClN4O7S/c1-36-23-11-9-21(15-24(23)37-2)38(34,35)29(13-12-18-6-4-3-5-7-18)17-25(31)28-27-16-19-14-20(30(32)33)8-10-22(19)26/h3-11,14-16H,12-13,17H2,1-2H3,(H,28,31)/b27-16-. The number of sulfonamides is 1. The molecule has 3 aromatic rings. The zero-order chi connectivity index (χ0) is 27.7. The lowest BCUT2D eigenvalue weighted by Gasteiger charge is -2.22. The molecule has 0 unspecified atom stereocenters. The summed E-state index contributed by atoms with van der Waals surface area (Å²) in [6, 6.07) is 17.2. The number of nitrogens with one attached hydrogen (secondary N) is 1. The van der Waals surface area contributed by atoms with Gasteiger partial charge < -0.3 is 9.47 Å². The number of nitro benzene ring substituents is 1. The van der Waals surface area contributed by atoms with E-state index in [0.29, 0.717) is 12.2 Å². The van der Waals surface area contributed by atoms with E-state index in [2.05, 4.69) is 10.5 Å². The number of rotatable bonds is 12. The number of carbonyl (C=O) groups excluding carboxylic acids is 1. The van der Waals surface area contributed by atoms with Crippen LogP contribution in [0.25, 0.3) is 0 Å². The highest BCUT2D eigenvalue weighted by atomic mass is 35.5. The Morgan fingerprint density at radius 1 is 1.08 bits per heavy atom. The van der Waals surface area contributed by atoms with E-state index < -0.39 is 27.4 Å². The summed E-state index contributed by atoms with van der Waals surface area (Å²) in [5.74, 6) is -0.145. The number of hydrogen-bond acceptors (Lipinski definition) is 8. The molecule has 0 fully saturated rings. The summed E-state index contributed by atoms with van der Waals surface area (Å²) in [5, 5.41) is 15.0. The van der Waals surface area contributed by atoms with Crippen molar-refractivity contribution in [3.8, 4) is 11.5 Å². The third-order valence-electron chi connectivity index (χ3n) is 5.39. The lowest BCUT2D eigenvalue weighted by atomic mass is 10.1. The summed E-state index contributed by atoms with van der Waals surface area (Å²) in [5.41, 5.74) is 3.15. The van der Waals surface area contributed by atoms with Crippen molar-refractivity contribution in [2.45, 2.75) is 11.3 Å². The molecule has 0 saturated carbocycles. The van der Waals surface area contributed by atoms with Gasteiger partial charge in [-0.1, -0.05) is 41.9 Å². The van der Waals surface area contributed by atoms with Crippen LogP contribution in [-0.4, -0.2) is 57.1 Å². The zero-order valence-corrected chi connectivity index (χ0v) is 22.1. The second-order valence-corrected chi connectivity index (χ2v) is 10.2. The van der Waals surface area contributed by atoms with Crippen molar-refractivity contribution < 1.29 is 27.6 Å². The smallest absolute Gasteiger partial charge is 0.270 e. The maximum absolute atomic E-state index is 13.5. The first-order chi connectivity index (χ1) is 18.1. The van der Waals surface area contributed by atoms with Gasteiger partial charge in [0.05, 0.1) is 36.8 Å². The fourth-order valence-corrected chi connectivity index (χ4v) is 5.00. The molecule has 0 bridgehead atoms. The molecule has 0 atom stereocenters. The molecule has 1 N–H and O–H groups in total. The van der Waals surface area contributed by atoms with Gasteiger partial charge in [-0.05, 0) is 30.2 Å². The average Bonchev–Trinajstić information content (AvgIpc) is 2.91. The van der Waals surface area contributed by atoms with Crippen molar-refractivity contribution in [1.82, 2.24) is 9.73 Å². The SMILES string of the molecule is COc1ccc(S(=O)(=O)N(CCc2ccccc2)CC(=O)N/N=C\c2cc([N+](=O)[O-])ccc2Cl)cc1OC. The molecule has 3 aromatic carbocycles. The molecule has 0 aliphatic rings. The first-order valence-corrected chi connectivity index (χ1v) is 13.0. The molecule has 0 heterocycles. The van der Waals surface area contributed by atoms with Crippen LogP contribution in [0, 0.1) is 10.1 Å². The Morgan fingerprint density at radius 2 is 1.79 bits per heavy atom. The Labute approximate surface area is 224 Å². The first-order valence-electron chi connectivity index (χ1n) is 11.2. The van der Waals surface area contributed by atoms with E-state index in [0.717, 1.165) is 16.1 Å². The second-order valence-electron chi connectivity index (χ2n) is 7.85. The average molecular weight is 561 g/mol. The predicted octanol–water partition coefficient (Wildman–Crippen LogP) is 3.65. The molecule has 11 nitrogen and oxygen atoms in total. The van der Waals surface area contributed by atoms with E-state index in [1.165, 1.54) is 50.6 Å². The number of non-ortho nitro benzene ring substituents is 1. The lowest BCUT2D eigenvalue weighted by molar-refractivity contribution is -0.384. The van der Waals surface area contributed by atoms with Crippen molar-refractivity contribution in [2.24, 2.45) is 5.10 Å². The van der Waals surface area contributed by atoms with Gasteiger partial charge in [0.2, 0.25) is 10.0 Å². The van der Waals surface area contributed by atoms with Crippen LogP contribution in [0.1, 0.15) is 11.1 Å². The van der Waals surface area contributed by atoms with Crippen molar-refractivity contribution in [3.63, 3.8) is 0 Å². The summed E-state index contributed by atoms with van der Waals surface area (Å²) in [6.07, 6.45) is 1.50. The van der Waals surface area contributed by atoms with E-state index in [1.807, 2.05) is 30.3 Å². The van der Waals surface area contributed by atoms with Gasteiger partial charge in [0, 0.05) is 35.3 Å². The van der Waals surface area contributed by atoms with Gasteiger partial charge in [0.25, 0.3) is 11.6 Å². The van der Waals surface area contributed by atoms with Crippen LogP contribution >= 0.6 is 11.6 Å². The van der Waals surface area contributed by atoms with Crippen LogP contribution in [0.5, 0.6) is 11.5 Å². The predicted molar refractivity (Wildman–Crippen MR) is 142 cm³/mol. The molecule has 0 radical (unpaired) electrons. The van der Waals surface area contributed by atoms with Crippen molar-refractivity contribution in [1.29, 1.82) is 0 Å². The van der Waals surface area contributed by atoms with Gasteiger partial charge in [0.15, 0.2) is 11.5 Å². The van der Waals surface area contributed by atoms with E-state index >= 15 is 0 Å². The largest absolute Gasteiger partial charge is 0.493 e. The lowest BCUT2D eigenvalue weighted by Crippen LogP contribution is -2.40. The molecule has 3 rings (SSSR count). The topological polar surface area (TPSA) is 140 Å². The molecular weight excluding hydrogens is 536 g/mol. The summed E-state index contributed by atoms with van der Waals surface area (Å²) in [4.78, 5) is 23.0. The van der Waals surface area contributed by atoms with Gasteiger partial charge in [-0.3, -0.25) is 14.9 Å². The zero-order valence-electron chi connectivity index (χ0n) is 20.5. The van der Waals surface area contributed by atoms with Gasteiger partial charge >= 0.3 is 0 Å². The molecule has 1 amide bonds. The molecule has 0 aliphatic heterocycles. The maximum atomic E-state index is 13.5. The molecule has 0 aromatic heterocycles. The highest BCUT2D eigenvalue weighted by Crippen LogP contribution is 2.30. The van der Waals surface area contributed by atoms with Crippen LogP contribution in [0.15, 0.2) is 76.7 Å². The minimum Gasteiger partial charge on any atom is -0.493 e. The quantitative estimate of drug-likeness (QED) is 0.202. The molecule has 0 aliphatic carbocycles. The minimum absolute atomic E-state index is 0.00847. The summed E-state index contributed by atoms with van der Waals surface area (Å²) in [6.45, 7) is -0.530. The molecule has 200 valence electrons. The molecule has 0 spiro atoms. The van der Waals surface area contributed by atoms with Crippen LogP contribution in [0.3, 0.4) is 0 Å². The number of amides is 1. The normalized spacial score (nSPS) is 11.5. The molecule has 13 heteroatoms. The molecule has 0 saturated heterocycles. The van der Waals surface area contributed by atoms with E-state index in [1.54, 1.807) is 0 Å². The number of benzene rings is 3. The minimum atomic E-state index is -4.13. The third-order valence-corrected chi connectivity index (χ3v) is 7.57. The van der Waals surface area contributed by atoms with Crippen LogP contribution in [-0.2, 0) is 21.2 Å². The van der Waals surface area contributed by atoms with Gasteiger partial charge in [0.1, 0.15) is 0 Å². The van der Waals surface area contributed by atoms with E-state index in [9.17, 15) is 23.3 Å². The Kier molecular flexibility index (Phi) is 9.77. The summed E-state index contributed by atoms with van der Waals surface area (Å²) < 4.78 is 38.5. The summed E-state index contributed by atoms with van der Waals surface area (Å²) in [7, 11) is -1.31. The fourth-order valence-electron chi connectivity index (χ4n) is 3.42. The Bertz CT molecular complexity index is 1430. The Hall–Kier alpha value is -4.00. The second kappa shape index (κ2) is 13.0. The molecular formula is C25H25ClN4O7S. The van der Waals surface area contributed by atoms with Gasteiger partial charge in [-0.2, -0.15) is 9.41 Å². The van der Waals surface area contributed by atoms with Crippen LogP contribution < -0.4 is 14.9 Å². The number of nitrogens with zero attached hydrogens (tertiary/aromatic N) is 3. The fraction of sp³-hybridized carbons (Fsp3) is 0.200. The number of ether oxygens (including phenoxy) is 2. The van der Waals surface area contributed by atoms with Crippen molar-refractivity contribution in [3.05, 3.63) is 93.0 Å². The van der Waals surface area contributed by atoms with E-state index in [4.69, 9.17) is 21.1 Å². The Balaban J connectivity index is 1.82.